The van der Waals surface area contributed by atoms with Crippen LogP contribution in [0.4, 0.5) is 0 Å². The van der Waals surface area contributed by atoms with E-state index in [2.05, 4.69) is 0 Å². The van der Waals surface area contributed by atoms with Crippen molar-refractivity contribution in [3.63, 3.8) is 0 Å². The Balaban J connectivity index is 2.46. The second kappa shape index (κ2) is 6.31. The molecule has 1 aromatic carbocycles. The van der Waals surface area contributed by atoms with Crippen molar-refractivity contribution in [1.82, 2.24) is 13.4 Å². The van der Waals surface area contributed by atoms with Gasteiger partial charge in [-0.15, -0.1) is 0 Å². The van der Waals surface area contributed by atoms with Crippen LogP contribution < -0.4 is 11.2 Å². The van der Waals surface area contributed by atoms with E-state index in [1.807, 2.05) is 0 Å². The zero-order valence-corrected chi connectivity index (χ0v) is 14.4. The molecule has 0 saturated heterocycles. The van der Waals surface area contributed by atoms with Crippen LogP contribution in [0, 0.1) is 0 Å². The molecule has 0 aliphatic carbocycles. The van der Waals surface area contributed by atoms with Crippen LogP contribution in [-0.2, 0) is 30.7 Å². The summed E-state index contributed by atoms with van der Waals surface area (Å²) in [5, 5.41) is 0.492. The van der Waals surface area contributed by atoms with Crippen LogP contribution in [0.15, 0.2) is 44.9 Å². The van der Waals surface area contributed by atoms with Gasteiger partial charge < -0.3 is 4.57 Å². The molecule has 0 aliphatic rings. The predicted octanol–water partition coefficient (Wildman–Crippen LogP) is 0.558. The highest BCUT2D eigenvalue weighted by atomic mass is 35.5. The lowest BCUT2D eigenvalue weighted by Crippen LogP contribution is -2.41. The second-order valence-electron chi connectivity index (χ2n) is 5.14. The van der Waals surface area contributed by atoms with Crippen molar-refractivity contribution in [2.45, 2.75) is 11.4 Å². The van der Waals surface area contributed by atoms with Gasteiger partial charge in [-0.3, -0.25) is 9.36 Å². The van der Waals surface area contributed by atoms with Gasteiger partial charge in [0.05, 0.1) is 0 Å². The van der Waals surface area contributed by atoms with Crippen LogP contribution in [0.2, 0.25) is 5.02 Å². The van der Waals surface area contributed by atoms with Crippen molar-refractivity contribution in [2.75, 3.05) is 7.05 Å². The first-order chi connectivity index (χ1) is 10.6. The van der Waals surface area contributed by atoms with E-state index in [-0.39, 0.29) is 6.54 Å². The van der Waals surface area contributed by atoms with Crippen LogP contribution in [0.1, 0.15) is 5.56 Å². The number of halogens is 1. The number of rotatable bonds is 4. The minimum atomic E-state index is -4.05. The van der Waals surface area contributed by atoms with Gasteiger partial charge in [0.1, 0.15) is 0 Å². The molecule has 0 spiro atoms. The largest absolute Gasteiger partial charge is 0.330 e. The first kappa shape index (κ1) is 17.5. The molecule has 9 heteroatoms. The molecular weight excluding hydrogens is 342 g/mol. The molecule has 124 valence electrons. The fraction of sp³-hybridized carbons (Fsp3) is 0.286. The molecule has 1 aromatic heterocycles. The molecule has 0 radical (unpaired) electrons. The molecule has 0 N–H and O–H groups in total. The molecule has 7 nitrogen and oxygen atoms in total. The second-order valence-corrected chi connectivity index (χ2v) is 7.59. The van der Waals surface area contributed by atoms with Gasteiger partial charge in [-0.05, 0) is 17.7 Å². The predicted molar refractivity (Wildman–Crippen MR) is 87.0 cm³/mol. The standard InChI is InChI=1S/C14H16ClN3O4S/c1-16-9-12(13(19)18(3)14(16)20)23(21,22)17(2)8-10-5-4-6-11(15)7-10/h4-7,9H,8H2,1-3H3. The number of benzene rings is 1. The minimum absolute atomic E-state index is 0.0505. The first-order valence-corrected chi connectivity index (χ1v) is 8.44. The van der Waals surface area contributed by atoms with Crippen molar-refractivity contribution in [3.8, 4) is 0 Å². The number of aromatic nitrogens is 2. The van der Waals surface area contributed by atoms with Crippen molar-refractivity contribution >= 4 is 21.6 Å². The monoisotopic (exact) mass is 357 g/mol. The Morgan fingerprint density at radius 2 is 1.87 bits per heavy atom. The van der Waals surface area contributed by atoms with E-state index in [4.69, 9.17) is 11.6 Å². The molecule has 2 aromatic rings. The summed E-state index contributed by atoms with van der Waals surface area (Å²) in [6.07, 6.45) is 1.04. The van der Waals surface area contributed by atoms with Crippen LogP contribution in [0.5, 0.6) is 0 Å². The highest BCUT2D eigenvalue weighted by Crippen LogP contribution is 2.16. The summed E-state index contributed by atoms with van der Waals surface area (Å²) in [7, 11) is -0.0599. The molecule has 2 rings (SSSR count). The SMILES string of the molecule is CN(Cc1cccc(Cl)c1)S(=O)(=O)c1cn(C)c(=O)n(C)c1=O. The van der Waals surface area contributed by atoms with Gasteiger partial charge in [0.15, 0.2) is 4.90 Å². The van der Waals surface area contributed by atoms with Crippen LogP contribution >= 0.6 is 11.6 Å². The molecule has 0 amide bonds. The van der Waals surface area contributed by atoms with E-state index < -0.39 is 26.2 Å². The third-order valence-electron chi connectivity index (χ3n) is 3.40. The van der Waals surface area contributed by atoms with Crippen LogP contribution in [-0.4, -0.2) is 28.9 Å². The van der Waals surface area contributed by atoms with E-state index in [1.54, 1.807) is 24.3 Å². The quantitative estimate of drug-likeness (QED) is 0.800. The zero-order valence-electron chi connectivity index (χ0n) is 12.9. The molecule has 0 atom stereocenters. The molecule has 23 heavy (non-hydrogen) atoms. The molecule has 0 unspecified atom stereocenters. The zero-order chi connectivity index (χ0) is 17.4. The van der Waals surface area contributed by atoms with Crippen molar-refractivity contribution in [1.29, 1.82) is 0 Å². The maximum absolute atomic E-state index is 12.6. The van der Waals surface area contributed by atoms with Gasteiger partial charge in [-0.2, -0.15) is 4.31 Å². The highest BCUT2D eigenvalue weighted by Gasteiger charge is 2.26. The average Bonchev–Trinajstić information content (AvgIpc) is 2.48. The normalized spacial score (nSPS) is 11.9. The smallest absolute Gasteiger partial charge is 0.302 e. The number of hydrogen-bond donors (Lipinski definition) is 0. The number of aryl methyl sites for hydroxylation is 1. The number of sulfonamides is 1. The fourth-order valence-electron chi connectivity index (χ4n) is 2.10. The average molecular weight is 358 g/mol. The number of hydrogen-bond acceptors (Lipinski definition) is 4. The van der Waals surface area contributed by atoms with Gasteiger partial charge in [0.2, 0.25) is 10.0 Å². The summed E-state index contributed by atoms with van der Waals surface area (Å²) in [5.41, 5.74) is -0.761. The number of nitrogens with zero attached hydrogens (tertiary/aromatic N) is 3. The molecule has 0 bridgehead atoms. The minimum Gasteiger partial charge on any atom is -0.302 e. The molecule has 0 saturated carbocycles. The van der Waals surface area contributed by atoms with Gasteiger partial charge >= 0.3 is 5.69 Å². The van der Waals surface area contributed by atoms with E-state index in [1.165, 1.54) is 21.1 Å². The summed E-state index contributed by atoms with van der Waals surface area (Å²) in [6, 6.07) is 6.77. The summed E-state index contributed by atoms with van der Waals surface area (Å²) >= 11 is 5.88. The van der Waals surface area contributed by atoms with Gasteiger partial charge in [0.25, 0.3) is 5.56 Å². The fourth-order valence-corrected chi connectivity index (χ4v) is 3.61. The van der Waals surface area contributed by atoms with Gasteiger partial charge in [-0.25, -0.2) is 13.2 Å². The summed E-state index contributed by atoms with van der Waals surface area (Å²) in [6.45, 7) is 0.0505. The highest BCUT2D eigenvalue weighted by molar-refractivity contribution is 7.89. The van der Waals surface area contributed by atoms with Crippen LogP contribution in [0.3, 0.4) is 0 Å². The van der Waals surface area contributed by atoms with Crippen molar-refractivity contribution < 1.29 is 8.42 Å². The third kappa shape index (κ3) is 3.39. The Morgan fingerprint density at radius 3 is 2.48 bits per heavy atom. The summed E-state index contributed by atoms with van der Waals surface area (Å²) < 4.78 is 28.1. The molecule has 0 aliphatic heterocycles. The Bertz CT molecular complexity index is 963. The van der Waals surface area contributed by atoms with Gasteiger partial charge in [0, 0.05) is 38.9 Å². The van der Waals surface area contributed by atoms with Gasteiger partial charge in [-0.1, -0.05) is 23.7 Å². The first-order valence-electron chi connectivity index (χ1n) is 6.62. The van der Waals surface area contributed by atoms with Crippen LogP contribution in [0.25, 0.3) is 0 Å². The van der Waals surface area contributed by atoms with E-state index in [0.29, 0.717) is 10.6 Å². The Labute approximate surface area is 138 Å². The molecular formula is C14H16ClN3O4S. The molecule has 0 fully saturated rings. The lowest BCUT2D eigenvalue weighted by Gasteiger charge is -2.17. The summed E-state index contributed by atoms with van der Waals surface area (Å²) in [5.74, 6) is 0. The topological polar surface area (TPSA) is 81.4 Å². The van der Waals surface area contributed by atoms with E-state index in [9.17, 15) is 18.0 Å². The molecule has 1 heterocycles. The Kier molecular flexibility index (Phi) is 4.79. The lowest BCUT2D eigenvalue weighted by molar-refractivity contribution is 0.462. The van der Waals surface area contributed by atoms with E-state index in [0.717, 1.165) is 19.6 Å². The van der Waals surface area contributed by atoms with Crippen molar-refractivity contribution in [3.05, 3.63) is 61.9 Å². The Morgan fingerprint density at radius 1 is 1.22 bits per heavy atom. The third-order valence-corrected chi connectivity index (χ3v) is 5.42. The Hall–Kier alpha value is -1.90. The van der Waals surface area contributed by atoms with E-state index >= 15 is 0 Å². The summed E-state index contributed by atoms with van der Waals surface area (Å²) in [4.78, 5) is 23.3. The van der Waals surface area contributed by atoms with Crippen molar-refractivity contribution in [2.24, 2.45) is 14.1 Å². The maximum atomic E-state index is 12.6. The maximum Gasteiger partial charge on any atom is 0.330 e. The lowest BCUT2D eigenvalue weighted by atomic mass is 10.2.